The summed E-state index contributed by atoms with van der Waals surface area (Å²) in [6.07, 6.45) is 11.3. The molecule has 0 saturated heterocycles. The van der Waals surface area contributed by atoms with Crippen LogP contribution < -0.4 is 0 Å². The minimum Gasteiger partial charge on any atom is -0.353 e. The second-order valence-corrected chi connectivity index (χ2v) is 20.9. The van der Waals surface area contributed by atoms with E-state index in [1.165, 1.54) is 0 Å². The van der Waals surface area contributed by atoms with Crippen molar-refractivity contribution >= 4 is 86.7 Å². The van der Waals surface area contributed by atoms with Crippen LogP contribution in [0.15, 0.2) is 250 Å². The van der Waals surface area contributed by atoms with Crippen molar-refractivity contribution in [1.82, 2.24) is 34.9 Å². The van der Waals surface area contributed by atoms with Crippen LogP contribution in [0.4, 0.5) is 0 Å². The van der Waals surface area contributed by atoms with E-state index >= 15 is 0 Å². The zero-order chi connectivity index (χ0) is 52.4. The summed E-state index contributed by atoms with van der Waals surface area (Å²) in [5, 5.41) is 13.3. The molecule has 370 valence electrons. The summed E-state index contributed by atoms with van der Waals surface area (Å²) in [7, 11) is 0. The average molecular weight is 1020 g/mol. The van der Waals surface area contributed by atoms with Crippen LogP contribution in [0.1, 0.15) is 0 Å². The Labute approximate surface area is 458 Å². The summed E-state index contributed by atoms with van der Waals surface area (Å²) in [6.45, 7) is 0. The fraction of sp³-hybridized carbons (Fsp3) is 0. The number of rotatable bonds is 4. The highest BCUT2D eigenvalue weighted by atomic mass is 14.8. The Morgan fingerprint density at radius 2 is 0.450 bits per heavy atom. The monoisotopic (exact) mass is 1020 g/mol. The van der Waals surface area contributed by atoms with Gasteiger partial charge in [-0.1, -0.05) is 127 Å². The third-order valence-corrected chi connectivity index (χ3v) is 16.5. The van der Waals surface area contributed by atoms with Gasteiger partial charge in [-0.2, -0.15) is 0 Å². The summed E-state index contributed by atoms with van der Waals surface area (Å²) in [6, 6.07) is 76.9. The molecule has 9 aromatic carbocycles. The molecule has 0 radical (unpaired) electrons. The van der Waals surface area contributed by atoms with Crippen LogP contribution in [0.3, 0.4) is 0 Å². The molecular formula is C73H43N7. The highest BCUT2D eigenvalue weighted by Crippen LogP contribution is 2.53. The normalized spacial score (nSPS) is 12.0. The molecule has 2 N–H and O–H groups in total. The second-order valence-electron chi connectivity index (χ2n) is 20.9. The maximum Gasteiger partial charge on any atom is 0.0816 e. The van der Waals surface area contributed by atoms with Crippen LogP contribution in [0, 0.1) is 0 Å². The first-order chi connectivity index (χ1) is 39.7. The molecule has 0 fully saturated rings. The Morgan fingerprint density at radius 1 is 0.225 bits per heavy atom. The van der Waals surface area contributed by atoms with Gasteiger partial charge in [0, 0.05) is 103 Å². The molecule has 8 bridgehead atoms. The van der Waals surface area contributed by atoms with Gasteiger partial charge in [-0.05, 0) is 150 Å². The Bertz CT molecular complexity index is 4630. The average Bonchev–Trinajstić information content (AvgIpc) is 4.47. The van der Waals surface area contributed by atoms with Crippen molar-refractivity contribution in [2.75, 3.05) is 0 Å². The minimum atomic E-state index is 0.850. The summed E-state index contributed by atoms with van der Waals surface area (Å²) in [5.74, 6) is 0. The number of pyridine rings is 3. The molecule has 3 aliphatic rings. The zero-order valence-electron chi connectivity index (χ0n) is 42.9. The molecule has 1 aliphatic carbocycles. The fourth-order valence-electron chi connectivity index (χ4n) is 12.9. The second kappa shape index (κ2) is 17.3. The number of aromatic amines is 2. The standard InChI is InChI=1S/C73H43N7/c1-2-12-42(13-3-1)62-66-54-34-46-14-4-6-16-48(46)36-56(54)68(77-66)63(43-22-28-74-29-23-43)70-58-38-50-18-8-10-20-52(50)40-60(58)72(79-70)65(45-26-32-76-33-27-45)73-61-41-53-21-11-9-19-51(53)39-59(61)71(80-73)64(44-24-30-75-31-25-44)69-57-37-49-17-7-5-15-47(49)35-55(57)67(62)78-69/h1-41,77,80H. The van der Waals surface area contributed by atoms with E-state index in [4.69, 9.17) is 9.97 Å². The molecule has 14 aromatic rings. The summed E-state index contributed by atoms with van der Waals surface area (Å²) >= 11 is 0. The lowest BCUT2D eigenvalue weighted by molar-refractivity contribution is 1.32. The van der Waals surface area contributed by atoms with E-state index in [0.717, 1.165) is 176 Å². The highest BCUT2D eigenvalue weighted by Gasteiger charge is 2.31. The Morgan fingerprint density at radius 3 is 0.713 bits per heavy atom. The van der Waals surface area contributed by atoms with Gasteiger partial charge in [0.05, 0.1) is 44.8 Å². The van der Waals surface area contributed by atoms with Crippen molar-refractivity contribution in [1.29, 1.82) is 0 Å². The summed E-state index contributed by atoms with van der Waals surface area (Å²) < 4.78 is 0. The predicted molar refractivity (Wildman–Crippen MR) is 330 cm³/mol. The van der Waals surface area contributed by atoms with E-state index in [9.17, 15) is 0 Å². The minimum absolute atomic E-state index is 0.850. The van der Waals surface area contributed by atoms with Crippen LogP contribution in [0.2, 0.25) is 0 Å². The van der Waals surface area contributed by atoms with Gasteiger partial charge in [0.2, 0.25) is 0 Å². The molecule has 0 atom stereocenters. The van der Waals surface area contributed by atoms with Gasteiger partial charge in [0.1, 0.15) is 0 Å². The van der Waals surface area contributed by atoms with Gasteiger partial charge in [-0.25, -0.2) is 9.97 Å². The van der Waals surface area contributed by atoms with Crippen molar-refractivity contribution in [3.8, 4) is 89.5 Å². The van der Waals surface area contributed by atoms with E-state index in [1.807, 2.05) is 37.2 Å². The van der Waals surface area contributed by atoms with E-state index in [-0.39, 0.29) is 0 Å². The third-order valence-electron chi connectivity index (χ3n) is 16.5. The molecule has 7 nitrogen and oxygen atoms in total. The quantitative estimate of drug-likeness (QED) is 0.183. The van der Waals surface area contributed by atoms with E-state index in [1.54, 1.807) is 0 Å². The molecule has 2 aliphatic heterocycles. The van der Waals surface area contributed by atoms with Crippen molar-refractivity contribution in [3.63, 3.8) is 0 Å². The number of aromatic nitrogens is 7. The third kappa shape index (κ3) is 6.71. The molecule has 0 amide bonds. The van der Waals surface area contributed by atoms with E-state index in [2.05, 4.69) is 237 Å². The number of nitrogens with zero attached hydrogens (tertiary/aromatic N) is 5. The number of fused-ring (bicyclic) bond motifs is 4. The first-order valence-electron chi connectivity index (χ1n) is 27.0. The van der Waals surface area contributed by atoms with Crippen molar-refractivity contribution < 1.29 is 0 Å². The Hall–Kier alpha value is -10.9. The Kier molecular flexibility index (Phi) is 9.58. The first kappa shape index (κ1) is 44.3. The summed E-state index contributed by atoms with van der Waals surface area (Å²) in [5.41, 5.74) is 19.2. The lowest BCUT2D eigenvalue weighted by atomic mass is 9.91. The Balaban J connectivity index is 1.23. The van der Waals surface area contributed by atoms with Crippen molar-refractivity contribution in [3.05, 3.63) is 250 Å². The molecule has 80 heavy (non-hydrogen) atoms. The molecule has 7 heteroatoms. The molecule has 17 rings (SSSR count). The smallest absolute Gasteiger partial charge is 0.0816 e. The molecule has 0 spiro atoms. The lowest BCUT2D eigenvalue weighted by Crippen LogP contribution is -1.88. The SMILES string of the molecule is c1ccc(-c2c3nc(c(-c4ccncc4)c4[nH]c(c(-c5ccncc5)c5nc(c(-c6ccncc6)c6[nH]c2c2cc7ccccc7cc62)-c2cc6ccccc6cc2-5)c2cc5ccccc5cc42)-c2cc4ccccc4cc2-3)cc1. The fourth-order valence-corrected chi connectivity index (χ4v) is 12.9. The van der Waals surface area contributed by atoms with Crippen LogP contribution in [-0.2, 0) is 0 Å². The molecule has 0 unspecified atom stereocenters. The van der Waals surface area contributed by atoms with Gasteiger partial charge in [0.25, 0.3) is 0 Å². The maximum atomic E-state index is 6.13. The molecule has 0 saturated carbocycles. The lowest BCUT2D eigenvalue weighted by Gasteiger charge is -2.10. The first-order valence-corrected chi connectivity index (χ1v) is 27.0. The van der Waals surface area contributed by atoms with Crippen LogP contribution in [0.5, 0.6) is 0 Å². The van der Waals surface area contributed by atoms with Crippen molar-refractivity contribution in [2.24, 2.45) is 0 Å². The topological polar surface area (TPSA) is 96.0 Å². The van der Waals surface area contributed by atoms with Crippen LogP contribution in [-0.4, -0.2) is 34.9 Å². The number of hydrogen-bond acceptors (Lipinski definition) is 5. The molecule has 5 aromatic heterocycles. The zero-order valence-corrected chi connectivity index (χ0v) is 42.9. The number of hydrogen-bond donors (Lipinski definition) is 2. The van der Waals surface area contributed by atoms with Gasteiger partial charge in [0.15, 0.2) is 0 Å². The van der Waals surface area contributed by atoms with E-state index < -0.39 is 0 Å². The molecule has 7 heterocycles. The van der Waals surface area contributed by atoms with Gasteiger partial charge < -0.3 is 9.97 Å². The summed E-state index contributed by atoms with van der Waals surface area (Å²) in [4.78, 5) is 34.6. The van der Waals surface area contributed by atoms with Gasteiger partial charge >= 0.3 is 0 Å². The predicted octanol–water partition coefficient (Wildman–Crippen LogP) is 18.8. The largest absolute Gasteiger partial charge is 0.353 e. The van der Waals surface area contributed by atoms with Gasteiger partial charge in [-0.3, -0.25) is 15.0 Å². The number of nitrogens with one attached hydrogen (secondary N) is 2. The number of benzene rings is 9. The number of H-pyrrole nitrogens is 2. The highest BCUT2D eigenvalue weighted by molar-refractivity contribution is 6.25. The van der Waals surface area contributed by atoms with Crippen molar-refractivity contribution in [2.45, 2.75) is 0 Å². The van der Waals surface area contributed by atoms with Crippen LogP contribution >= 0.6 is 0 Å². The maximum absolute atomic E-state index is 6.13. The van der Waals surface area contributed by atoms with Gasteiger partial charge in [-0.15, -0.1) is 0 Å². The van der Waals surface area contributed by atoms with E-state index in [0.29, 0.717) is 0 Å². The van der Waals surface area contributed by atoms with Crippen LogP contribution in [0.25, 0.3) is 176 Å². The molecular weight excluding hydrogens is 975 g/mol.